The third-order valence-electron chi connectivity index (χ3n) is 3.20. The Morgan fingerprint density at radius 1 is 1.19 bits per heavy atom. The molecule has 1 heterocycles. The van der Waals surface area contributed by atoms with Gasteiger partial charge in [-0.2, -0.15) is 0 Å². The number of para-hydroxylation sites is 1. The number of nitrogens with one attached hydrogen (secondary N) is 1. The molecule has 0 spiro atoms. The Bertz CT molecular complexity index is 813. The number of carbonyl (C=O) groups is 1. The maximum absolute atomic E-state index is 12.2. The molecule has 1 amide bonds. The van der Waals surface area contributed by atoms with E-state index in [1.165, 1.54) is 0 Å². The molecule has 1 N–H and O–H groups in total. The molecule has 0 aliphatic rings. The number of hydrogen-bond donors (Lipinski definition) is 1. The normalized spacial score (nSPS) is 10.8. The van der Waals surface area contributed by atoms with E-state index in [0.29, 0.717) is 10.7 Å². The van der Waals surface area contributed by atoms with Crippen molar-refractivity contribution in [3.05, 3.63) is 64.2 Å². The summed E-state index contributed by atoms with van der Waals surface area (Å²) in [6, 6.07) is 15.2. The van der Waals surface area contributed by atoms with Crippen LogP contribution < -0.4 is 5.32 Å². The number of anilines is 1. The summed E-state index contributed by atoms with van der Waals surface area (Å²) < 4.78 is 2.90. The predicted molar refractivity (Wildman–Crippen MR) is 89.7 cm³/mol. The Morgan fingerprint density at radius 3 is 2.81 bits per heavy atom. The number of amides is 1. The van der Waals surface area contributed by atoms with Gasteiger partial charge in [0.25, 0.3) is 0 Å². The molecule has 0 aliphatic carbocycles. The zero-order valence-corrected chi connectivity index (χ0v) is 13.4. The maximum Gasteiger partial charge on any atom is 0.244 e. The van der Waals surface area contributed by atoms with Crippen LogP contribution in [0.5, 0.6) is 0 Å². The minimum atomic E-state index is -0.111. The standard InChI is InChI=1S/C16H12BrClN2O/c17-12-6-5-11-7-8-20(15(11)9-12)10-16(21)19-14-4-2-1-3-13(14)18/h1-9H,10H2,(H,19,21). The average Bonchev–Trinajstić information content (AvgIpc) is 2.84. The number of rotatable bonds is 3. The van der Waals surface area contributed by atoms with Crippen LogP contribution in [0, 0.1) is 0 Å². The zero-order chi connectivity index (χ0) is 14.8. The molecule has 0 saturated heterocycles. The molecule has 5 heteroatoms. The average molecular weight is 364 g/mol. The van der Waals surface area contributed by atoms with Crippen molar-refractivity contribution in [1.82, 2.24) is 4.57 Å². The van der Waals surface area contributed by atoms with Gasteiger partial charge >= 0.3 is 0 Å². The van der Waals surface area contributed by atoms with Crippen molar-refractivity contribution in [2.45, 2.75) is 6.54 Å². The predicted octanol–water partition coefficient (Wildman–Crippen LogP) is 4.70. The highest BCUT2D eigenvalue weighted by Gasteiger charge is 2.08. The highest BCUT2D eigenvalue weighted by Crippen LogP contribution is 2.22. The number of fused-ring (bicyclic) bond motifs is 1. The van der Waals surface area contributed by atoms with Gasteiger partial charge in [0.15, 0.2) is 0 Å². The molecule has 0 saturated carbocycles. The van der Waals surface area contributed by atoms with Crippen LogP contribution in [0.3, 0.4) is 0 Å². The van der Waals surface area contributed by atoms with Crippen LogP contribution >= 0.6 is 27.5 Å². The lowest BCUT2D eigenvalue weighted by molar-refractivity contribution is -0.116. The number of aromatic nitrogens is 1. The van der Waals surface area contributed by atoms with Crippen LogP contribution in [0.4, 0.5) is 5.69 Å². The molecule has 2 aromatic carbocycles. The van der Waals surface area contributed by atoms with Gasteiger partial charge in [-0.15, -0.1) is 0 Å². The van der Waals surface area contributed by atoms with Crippen molar-refractivity contribution in [3.63, 3.8) is 0 Å². The SMILES string of the molecule is O=C(Cn1ccc2ccc(Br)cc21)Nc1ccccc1Cl. The lowest BCUT2D eigenvalue weighted by Gasteiger charge is -2.09. The van der Waals surface area contributed by atoms with E-state index in [4.69, 9.17) is 11.6 Å². The first kappa shape index (κ1) is 14.2. The Hall–Kier alpha value is -1.78. The molecule has 0 bridgehead atoms. The Kier molecular flexibility index (Phi) is 3.99. The van der Waals surface area contributed by atoms with Gasteiger partial charge in [-0.05, 0) is 35.7 Å². The summed E-state index contributed by atoms with van der Waals surface area (Å²) in [7, 11) is 0. The van der Waals surface area contributed by atoms with Gasteiger partial charge in [-0.25, -0.2) is 0 Å². The molecule has 3 rings (SSSR count). The van der Waals surface area contributed by atoms with Gasteiger partial charge in [0.1, 0.15) is 6.54 Å². The minimum Gasteiger partial charge on any atom is -0.338 e. The van der Waals surface area contributed by atoms with E-state index in [2.05, 4.69) is 21.2 Å². The summed E-state index contributed by atoms with van der Waals surface area (Å²) in [5.74, 6) is -0.111. The van der Waals surface area contributed by atoms with E-state index in [1.807, 2.05) is 47.2 Å². The number of benzene rings is 2. The lowest BCUT2D eigenvalue weighted by atomic mass is 10.2. The first-order valence-electron chi connectivity index (χ1n) is 6.42. The van der Waals surface area contributed by atoms with Crippen LogP contribution in [0.1, 0.15) is 0 Å². The molecule has 21 heavy (non-hydrogen) atoms. The Balaban J connectivity index is 1.80. The number of hydrogen-bond acceptors (Lipinski definition) is 1. The monoisotopic (exact) mass is 362 g/mol. The van der Waals surface area contributed by atoms with Gasteiger partial charge in [0.05, 0.1) is 10.7 Å². The van der Waals surface area contributed by atoms with Crippen molar-refractivity contribution >= 4 is 50.0 Å². The zero-order valence-electron chi connectivity index (χ0n) is 11.0. The van der Waals surface area contributed by atoms with Crippen LogP contribution in [-0.2, 0) is 11.3 Å². The van der Waals surface area contributed by atoms with Gasteiger partial charge in [0, 0.05) is 16.2 Å². The first-order valence-corrected chi connectivity index (χ1v) is 7.59. The van der Waals surface area contributed by atoms with Crippen LogP contribution in [-0.4, -0.2) is 10.5 Å². The quantitative estimate of drug-likeness (QED) is 0.719. The molecule has 3 aromatic rings. The molecule has 0 fully saturated rings. The van der Waals surface area contributed by atoms with E-state index in [0.717, 1.165) is 15.4 Å². The van der Waals surface area contributed by atoms with Gasteiger partial charge in [-0.1, -0.05) is 45.7 Å². The summed E-state index contributed by atoms with van der Waals surface area (Å²) in [5.41, 5.74) is 1.64. The van der Waals surface area contributed by atoms with Gasteiger partial charge in [-0.3, -0.25) is 4.79 Å². The molecule has 0 atom stereocenters. The molecule has 0 aliphatic heterocycles. The number of carbonyl (C=O) groups excluding carboxylic acids is 1. The van der Waals surface area contributed by atoms with Crippen molar-refractivity contribution in [2.24, 2.45) is 0 Å². The number of nitrogens with zero attached hydrogens (tertiary/aromatic N) is 1. The maximum atomic E-state index is 12.2. The van der Waals surface area contributed by atoms with Crippen molar-refractivity contribution < 1.29 is 4.79 Å². The van der Waals surface area contributed by atoms with Crippen molar-refractivity contribution in [3.8, 4) is 0 Å². The molecule has 106 valence electrons. The Morgan fingerprint density at radius 2 is 2.00 bits per heavy atom. The molecule has 1 aromatic heterocycles. The third kappa shape index (κ3) is 3.12. The summed E-state index contributed by atoms with van der Waals surface area (Å²) in [4.78, 5) is 12.2. The first-order chi connectivity index (χ1) is 10.1. The Labute approximate surface area is 135 Å². The van der Waals surface area contributed by atoms with Crippen LogP contribution in [0.25, 0.3) is 10.9 Å². The fraction of sp³-hybridized carbons (Fsp3) is 0.0625. The smallest absolute Gasteiger partial charge is 0.244 e. The van der Waals surface area contributed by atoms with Crippen LogP contribution in [0.2, 0.25) is 5.02 Å². The second kappa shape index (κ2) is 5.92. The second-order valence-electron chi connectivity index (χ2n) is 4.67. The minimum absolute atomic E-state index is 0.111. The highest BCUT2D eigenvalue weighted by atomic mass is 79.9. The van der Waals surface area contributed by atoms with Gasteiger partial charge < -0.3 is 9.88 Å². The topological polar surface area (TPSA) is 34.0 Å². The summed E-state index contributed by atoms with van der Waals surface area (Å²) >= 11 is 9.49. The summed E-state index contributed by atoms with van der Waals surface area (Å²) in [5, 5.41) is 4.46. The second-order valence-corrected chi connectivity index (χ2v) is 6.00. The molecule has 0 unspecified atom stereocenters. The molecular formula is C16H12BrClN2O. The lowest BCUT2D eigenvalue weighted by Crippen LogP contribution is -2.18. The van der Waals surface area contributed by atoms with E-state index in [1.54, 1.807) is 12.1 Å². The molecule has 3 nitrogen and oxygen atoms in total. The third-order valence-corrected chi connectivity index (χ3v) is 4.02. The van der Waals surface area contributed by atoms with E-state index in [-0.39, 0.29) is 12.5 Å². The summed E-state index contributed by atoms with van der Waals surface area (Å²) in [6.45, 7) is 0.241. The molecular weight excluding hydrogens is 352 g/mol. The largest absolute Gasteiger partial charge is 0.338 e. The summed E-state index contributed by atoms with van der Waals surface area (Å²) in [6.07, 6.45) is 1.91. The molecule has 0 radical (unpaired) electrons. The van der Waals surface area contributed by atoms with E-state index < -0.39 is 0 Å². The van der Waals surface area contributed by atoms with Gasteiger partial charge in [0.2, 0.25) is 5.91 Å². The fourth-order valence-electron chi connectivity index (χ4n) is 2.20. The van der Waals surface area contributed by atoms with E-state index >= 15 is 0 Å². The highest BCUT2D eigenvalue weighted by molar-refractivity contribution is 9.10. The van der Waals surface area contributed by atoms with Crippen LogP contribution in [0.15, 0.2) is 59.2 Å². The van der Waals surface area contributed by atoms with Crippen molar-refractivity contribution in [2.75, 3.05) is 5.32 Å². The van der Waals surface area contributed by atoms with E-state index in [9.17, 15) is 4.79 Å². The fourth-order valence-corrected chi connectivity index (χ4v) is 2.73. The number of halogens is 2. The van der Waals surface area contributed by atoms with Crippen molar-refractivity contribution in [1.29, 1.82) is 0 Å².